The predicted octanol–water partition coefficient (Wildman–Crippen LogP) is -3.70. The van der Waals surface area contributed by atoms with Crippen molar-refractivity contribution in [2.45, 2.75) is 5.66 Å². The first kappa shape index (κ1) is 35.0. The van der Waals surface area contributed by atoms with Gasteiger partial charge in [-0.15, -0.1) is 0 Å². The van der Waals surface area contributed by atoms with Crippen LogP contribution in [0.2, 0.25) is 0 Å². The fraction of sp³-hybridized carbons (Fsp3) is 0.789. The summed E-state index contributed by atoms with van der Waals surface area (Å²) in [5, 5.41) is 30.0. The average molecular weight is 605 g/mol. The number of amides is 1. The van der Waals surface area contributed by atoms with Gasteiger partial charge in [0.25, 0.3) is 0 Å². The topological polar surface area (TPSA) is 269 Å². The van der Waals surface area contributed by atoms with E-state index < -0.39 is 57.4 Å². The highest BCUT2D eigenvalue weighted by atomic mass is 31.2. The number of carboxylic acids is 3. The van der Waals surface area contributed by atoms with E-state index in [1.165, 1.54) is 0 Å². The highest BCUT2D eigenvalue weighted by Gasteiger charge is 2.35. The number of hydrogen-bond acceptors (Lipinski definition) is 10. The van der Waals surface area contributed by atoms with Gasteiger partial charge in [0.15, 0.2) is 0 Å². The summed E-state index contributed by atoms with van der Waals surface area (Å²) in [6.07, 6.45) is -1.13. The predicted molar refractivity (Wildman–Crippen MR) is 134 cm³/mol. The second kappa shape index (κ2) is 16.3. The van der Waals surface area contributed by atoms with E-state index in [0.717, 1.165) is 0 Å². The molecule has 1 aliphatic rings. The van der Waals surface area contributed by atoms with Gasteiger partial charge in [-0.1, -0.05) is 0 Å². The molecule has 0 aliphatic carbocycles. The Morgan fingerprint density at radius 1 is 0.615 bits per heavy atom. The first-order valence-corrected chi connectivity index (χ1v) is 15.3. The minimum Gasteiger partial charge on any atom is -0.480 e. The molecule has 1 aliphatic heterocycles. The maximum absolute atomic E-state index is 12.6. The fourth-order valence-corrected chi connectivity index (χ4v) is 6.34. The van der Waals surface area contributed by atoms with E-state index in [-0.39, 0.29) is 78.5 Å². The van der Waals surface area contributed by atoms with Crippen molar-refractivity contribution >= 4 is 39.0 Å². The summed E-state index contributed by atoms with van der Waals surface area (Å²) in [5.41, 5.74) is -1.81. The summed E-state index contributed by atoms with van der Waals surface area (Å²) >= 11 is 0. The Kier molecular flexibility index (Phi) is 14.7. The molecule has 1 rings (SSSR count). The third kappa shape index (κ3) is 16.7. The number of rotatable bonds is 13. The number of carbonyl (C=O) groups is 4. The third-order valence-corrected chi connectivity index (χ3v) is 8.35. The van der Waals surface area contributed by atoms with Crippen molar-refractivity contribution in [2.24, 2.45) is 0 Å². The molecule has 0 saturated carbocycles. The smallest absolute Gasteiger partial charge is 0.331 e. The molecule has 0 aromatic carbocycles. The van der Waals surface area contributed by atoms with Crippen LogP contribution in [0.4, 0.5) is 0 Å². The maximum atomic E-state index is 12.6. The van der Waals surface area contributed by atoms with Gasteiger partial charge in [-0.3, -0.25) is 47.9 Å². The SMILES string of the molecule is O=C(O)CN1CCN(CC(=O)O)CCN(CC(=O)NCC(CP(=O)(O)O)P(=O)(O)O)CCN(CC(=O)O)CC1. The van der Waals surface area contributed by atoms with E-state index in [2.05, 4.69) is 5.32 Å². The zero-order valence-electron chi connectivity index (χ0n) is 21.2. The van der Waals surface area contributed by atoms with Crippen LogP contribution in [0.5, 0.6) is 0 Å². The van der Waals surface area contributed by atoms with Gasteiger partial charge in [0.05, 0.1) is 38.0 Å². The minimum atomic E-state index is -4.95. The average Bonchev–Trinajstić information content (AvgIpc) is 2.75. The Labute approximate surface area is 224 Å². The van der Waals surface area contributed by atoms with Crippen molar-refractivity contribution in [3.05, 3.63) is 0 Å². The molecule has 0 aromatic rings. The van der Waals surface area contributed by atoms with Gasteiger partial charge in [-0.05, 0) is 0 Å². The summed E-state index contributed by atoms with van der Waals surface area (Å²) in [6, 6.07) is 0. The molecule has 1 atom stereocenters. The number of nitrogens with one attached hydrogen (secondary N) is 1. The Bertz CT molecular complexity index is 911. The standard InChI is InChI=1S/C19H37N5O13P2/c25-16(20-9-15(39(35,36)37)14-38(32,33)34)10-21-1-3-22(11-17(26)27)5-7-24(13-19(30)31)8-6-23(4-2-21)12-18(28)29/h15H,1-14H2,(H,20,25)(H,26,27)(H,28,29)(H,30,31)(H2,32,33,34)(H2,35,36,37). The molecule has 8 N–H and O–H groups in total. The van der Waals surface area contributed by atoms with E-state index in [1.54, 1.807) is 19.6 Å². The van der Waals surface area contributed by atoms with Crippen molar-refractivity contribution in [1.82, 2.24) is 24.9 Å². The lowest BCUT2D eigenvalue weighted by Crippen LogP contribution is -2.50. The molecule has 20 heteroatoms. The van der Waals surface area contributed by atoms with Crippen LogP contribution in [0, 0.1) is 0 Å². The van der Waals surface area contributed by atoms with Crippen LogP contribution >= 0.6 is 15.2 Å². The van der Waals surface area contributed by atoms with Gasteiger partial charge in [-0.25, -0.2) is 0 Å². The van der Waals surface area contributed by atoms with Crippen molar-refractivity contribution < 1.29 is 63.2 Å². The van der Waals surface area contributed by atoms with Crippen molar-refractivity contribution in [3.63, 3.8) is 0 Å². The van der Waals surface area contributed by atoms with E-state index in [9.17, 15) is 53.4 Å². The van der Waals surface area contributed by atoms with Crippen molar-refractivity contribution in [1.29, 1.82) is 0 Å². The molecule has 0 aromatic heterocycles. The molecule has 1 saturated heterocycles. The zero-order chi connectivity index (χ0) is 29.8. The molecule has 0 radical (unpaired) electrons. The summed E-state index contributed by atoms with van der Waals surface area (Å²) in [4.78, 5) is 89.7. The molecule has 1 amide bonds. The molecular formula is C19H37N5O13P2. The largest absolute Gasteiger partial charge is 0.480 e. The highest BCUT2D eigenvalue weighted by Crippen LogP contribution is 2.48. The second-order valence-electron chi connectivity index (χ2n) is 9.18. The number of carbonyl (C=O) groups excluding carboxylic acids is 1. The minimum absolute atomic E-state index is 0.144. The normalized spacial score (nSPS) is 19.0. The number of carboxylic acid groups (broad SMARTS) is 3. The Balaban J connectivity index is 2.98. The van der Waals surface area contributed by atoms with Crippen LogP contribution in [-0.4, -0.2) is 175 Å². The van der Waals surface area contributed by atoms with Gasteiger partial charge in [0.1, 0.15) is 0 Å². The van der Waals surface area contributed by atoms with E-state index in [4.69, 9.17) is 9.79 Å². The lowest BCUT2D eigenvalue weighted by atomic mass is 10.3. The maximum Gasteiger partial charge on any atom is 0.331 e. The molecular weight excluding hydrogens is 568 g/mol. The zero-order valence-corrected chi connectivity index (χ0v) is 23.0. The molecule has 0 bridgehead atoms. The van der Waals surface area contributed by atoms with Gasteiger partial charge in [0, 0.05) is 58.9 Å². The Hall–Kier alpha value is -1.98. The fourth-order valence-electron chi connectivity index (χ4n) is 3.84. The van der Waals surface area contributed by atoms with Crippen molar-refractivity contribution in [2.75, 3.05) is 91.2 Å². The molecule has 39 heavy (non-hydrogen) atoms. The van der Waals surface area contributed by atoms with E-state index in [0.29, 0.717) is 0 Å². The number of hydrogen-bond donors (Lipinski definition) is 8. The van der Waals surface area contributed by atoms with Crippen LogP contribution in [-0.2, 0) is 28.3 Å². The van der Waals surface area contributed by atoms with Gasteiger partial charge >= 0.3 is 33.1 Å². The molecule has 0 spiro atoms. The van der Waals surface area contributed by atoms with Crippen LogP contribution in [0.25, 0.3) is 0 Å². The molecule has 1 unspecified atom stereocenters. The van der Waals surface area contributed by atoms with E-state index in [1.807, 2.05) is 0 Å². The number of nitrogens with zero attached hydrogens (tertiary/aromatic N) is 4. The third-order valence-electron chi connectivity index (χ3n) is 5.83. The lowest BCUT2D eigenvalue weighted by Gasteiger charge is -2.33. The van der Waals surface area contributed by atoms with Gasteiger partial charge in [-0.2, -0.15) is 0 Å². The summed E-state index contributed by atoms with van der Waals surface area (Å²) in [6.45, 7) is -0.664. The quantitative estimate of drug-likeness (QED) is 0.0938. The second-order valence-corrected chi connectivity index (χ2v) is 12.8. The summed E-state index contributed by atoms with van der Waals surface area (Å²) < 4.78 is 22.8. The number of aliphatic carboxylic acids is 3. The van der Waals surface area contributed by atoms with Gasteiger partial charge < -0.3 is 40.2 Å². The summed E-state index contributed by atoms with van der Waals surface area (Å²) in [5.74, 6) is -4.03. The summed E-state index contributed by atoms with van der Waals surface area (Å²) in [7, 11) is -9.73. The molecule has 1 fully saturated rings. The Morgan fingerprint density at radius 3 is 1.18 bits per heavy atom. The van der Waals surface area contributed by atoms with E-state index >= 15 is 0 Å². The van der Waals surface area contributed by atoms with Crippen LogP contribution in [0.1, 0.15) is 0 Å². The van der Waals surface area contributed by atoms with Crippen LogP contribution in [0.15, 0.2) is 0 Å². The molecule has 18 nitrogen and oxygen atoms in total. The highest BCUT2D eigenvalue weighted by molar-refractivity contribution is 7.56. The van der Waals surface area contributed by atoms with Crippen molar-refractivity contribution in [3.8, 4) is 0 Å². The van der Waals surface area contributed by atoms with Crippen LogP contribution in [0.3, 0.4) is 0 Å². The molecule has 1 heterocycles. The first-order chi connectivity index (χ1) is 17.9. The first-order valence-electron chi connectivity index (χ1n) is 11.9. The lowest BCUT2D eigenvalue weighted by molar-refractivity contribution is -0.140. The Morgan fingerprint density at radius 2 is 0.923 bits per heavy atom. The van der Waals surface area contributed by atoms with Crippen LogP contribution < -0.4 is 5.32 Å². The van der Waals surface area contributed by atoms with Gasteiger partial charge in [0.2, 0.25) is 5.91 Å². The molecule has 226 valence electrons. The monoisotopic (exact) mass is 605 g/mol.